The monoisotopic (exact) mass is 859 g/mol. The van der Waals surface area contributed by atoms with Crippen molar-refractivity contribution < 1.29 is 47.3 Å². The van der Waals surface area contributed by atoms with Crippen molar-refractivity contribution in [3.05, 3.63) is 118 Å². The minimum atomic E-state index is -1.39. The molecule has 330 valence electrons. The number of aromatic nitrogens is 1. The van der Waals surface area contributed by atoms with Crippen LogP contribution in [-0.2, 0) is 34.0 Å². The number of carbonyl (C=O) groups is 5. The molecule has 6 N–H and O–H groups in total. The number of carboxylic acid groups (broad SMARTS) is 1. The van der Waals surface area contributed by atoms with Crippen LogP contribution in [0.15, 0.2) is 89.6 Å². The summed E-state index contributed by atoms with van der Waals surface area (Å²) in [7, 11) is 0. The number of aromatic carboxylic acids is 1. The summed E-state index contributed by atoms with van der Waals surface area (Å²) >= 11 is 0. The van der Waals surface area contributed by atoms with Crippen molar-refractivity contribution in [2.45, 2.75) is 59.4 Å². The van der Waals surface area contributed by atoms with Gasteiger partial charge in [-0.2, -0.15) is 0 Å². The lowest BCUT2D eigenvalue weighted by atomic mass is 9.96. The van der Waals surface area contributed by atoms with Crippen LogP contribution in [0, 0.1) is 17.7 Å². The summed E-state index contributed by atoms with van der Waals surface area (Å²) in [5.41, 5.74) is 6.35. The fourth-order valence-corrected chi connectivity index (χ4v) is 6.91. The van der Waals surface area contributed by atoms with Gasteiger partial charge in [0.15, 0.2) is 0 Å². The van der Waals surface area contributed by atoms with Crippen molar-refractivity contribution in [3.63, 3.8) is 0 Å². The Bertz CT molecular complexity index is 2330. The molecule has 2 heterocycles. The first-order valence-corrected chi connectivity index (χ1v) is 20.2. The van der Waals surface area contributed by atoms with Gasteiger partial charge in [0.25, 0.3) is 0 Å². The van der Waals surface area contributed by atoms with Crippen LogP contribution in [0.1, 0.15) is 55.1 Å². The number of ether oxygens (including phenoxy) is 2. The van der Waals surface area contributed by atoms with Crippen LogP contribution < -0.4 is 32.0 Å². The molecule has 2 atom stereocenters. The van der Waals surface area contributed by atoms with E-state index in [0.29, 0.717) is 29.7 Å². The number of hydrogen-bond acceptors (Lipinski definition) is 9. The van der Waals surface area contributed by atoms with E-state index in [0.717, 1.165) is 17.7 Å². The van der Waals surface area contributed by atoms with Gasteiger partial charge in [-0.1, -0.05) is 56.3 Å². The minimum Gasteiger partial charge on any atom is -0.477 e. The summed E-state index contributed by atoms with van der Waals surface area (Å²) in [5.74, 6) is -4.75. The molecular formula is C44H51F2N7O9. The van der Waals surface area contributed by atoms with Gasteiger partial charge >= 0.3 is 24.2 Å². The Morgan fingerprint density at radius 3 is 2.23 bits per heavy atom. The van der Waals surface area contributed by atoms with Crippen molar-refractivity contribution in [3.8, 4) is 0 Å². The molecule has 1 aromatic heterocycles. The molecule has 0 radical (unpaired) electrons. The lowest BCUT2D eigenvalue weighted by molar-refractivity contribution is -0.118. The van der Waals surface area contributed by atoms with E-state index in [4.69, 9.17) is 15.2 Å². The molecule has 4 aromatic rings. The van der Waals surface area contributed by atoms with Crippen LogP contribution in [0.3, 0.4) is 0 Å². The van der Waals surface area contributed by atoms with E-state index >= 15 is 8.78 Å². The molecule has 3 aromatic carbocycles. The third-order valence-electron chi connectivity index (χ3n) is 10.3. The van der Waals surface area contributed by atoms with Crippen LogP contribution in [0.5, 0.6) is 0 Å². The molecule has 0 bridgehead atoms. The summed E-state index contributed by atoms with van der Waals surface area (Å²) < 4.78 is 43.6. The lowest BCUT2D eigenvalue weighted by Gasteiger charge is -2.35. The third kappa shape index (κ3) is 12.3. The fraction of sp³-hybridized carbons (Fsp3) is 0.364. The van der Waals surface area contributed by atoms with Crippen LogP contribution in [0.25, 0.3) is 10.9 Å². The van der Waals surface area contributed by atoms with E-state index in [1.807, 2.05) is 6.07 Å². The topological polar surface area (TPSA) is 215 Å². The van der Waals surface area contributed by atoms with Gasteiger partial charge in [0, 0.05) is 56.5 Å². The molecule has 62 heavy (non-hydrogen) atoms. The molecular weight excluding hydrogens is 809 g/mol. The van der Waals surface area contributed by atoms with Crippen molar-refractivity contribution >= 4 is 52.4 Å². The van der Waals surface area contributed by atoms with Gasteiger partial charge in [-0.3, -0.25) is 9.59 Å². The number of halogens is 2. The number of amides is 5. The first-order valence-electron chi connectivity index (χ1n) is 20.2. The second-order valence-corrected chi connectivity index (χ2v) is 15.0. The Morgan fingerprint density at radius 1 is 0.935 bits per heavy atom. The minimum absolute atomic E-state index is 0.00964. The number of piperazine rings is 1. The van der Waals surface area contributed by atoms with Gasteiger partial charge in [-0.15, -0.1) is 0 Å². The van der Waals surface area contributed by atoms with E-state index in [9.17, 15) is 33.9 Å². The predicted molar refractivity (Wildman–Crippen MR) is 228 cm³/mol. The smallest absolute Gasteiger partial charge is 0.410 e. The number of carbonyl (C=O) groups excluding carboxylic acids is 4. The van der Waals surface area contributed by atoms with Gasteiger partial charge in [-0.25, -0.2) is 28.0 Å². The van der Waals surface area contributed by atoms with Crippen LogP contribution in [0.4, 0.5) is 34.5 Å². The van der Waals surface area contributed by atoms with E-state index in [-0.39, 0.29) is 63.4 Å². The van der Waals surface area contributed by atoms with E-state index in [1.165, 1.54) is 17.2 Å². The number of nitrogens with one attached hydrogen (secondary N) is 3. The maximum absolute atomic E-state index is 15.8. The summed E-state index contributed by atoms with van der Waals surface area (Å²) in [6.07, 6.45) is 1.43. The number of carboxylic acids is 1. The maximum atomic E-state index is 15.8. The number of fused-ring (bicyclic) bond motifs is 1. The highest BCUT2D eigenvalue weighted by molar-refractivity contribution is 5.94. The number of aryl methyl sites for hydroxylation is 1. The van der Waals surface area contributed by atoms with Gasteiger partial charge in [-0.05, 0) is 67.2 Å². The normalized spacial score (nSPS) is 13.9. The number of benzene rings is 3. The predicted octanol–water partition coefficient (Wildman–Crippen LogP) is 6.13. The quantitative estimate of drug-likeness (QED) is 0.0767. The lowest BCUT2D eigenvalue weighted by Crippen LogP contribution is -2.49. The van der Waals surface area contributed by atoms with Gasteiger partial charge in [0.2, 0.25) is 11.3 Å². The zero-order valence-electron chi connectivity index (χ0n) is 34.7. The molecule has 5 rings (SSSR count). The summed E-state index contributed by atoms with van der Waals surface area (Å²) in [6.45, 7) is 6.61. The molecule has 0 aliphatic carbocycles. The van der Waals surface area contributed by atoms with Crippen molar-refractivity contribution in [2.75, 3.05) is 42.9 Å². The molecule has 0 saturated carbocycles. The van der Waals surface area contributed by atoms with E-state index in [2.05, 4.69) is 16.0 Å². The Labute approximate surface area is 356 Å². The van der Waals surface area contributed by atoms with E-state index in [1.54, 1.807) is 78.8 Å². The molecule has 1 unspecified atom stereocenters. The SMILES string of the molecule is CCn1cc(C(=O)O)c(=O)c2cc(F)c(N3CCN(C(=O)OCc4ccc(NC(=O)[C@@H](/C=C(\F)C(NC(=O)OCc5ccccc5)C(C)C)CCCNC(N)=O)cc4)CC3)cc21. The molecule has 1 saturated heterocycles. The highest BCUT2D eigenvalue weighted by atomic mass is 19.1. The van der Waals surface area contributed by atoms with Crippen LogP contribution in [-0.4, -0.2) is 83.4 Å². The average molecular weight is 860 g/mol. The van der Waals surface area contributed by atoms with Gasteiger partial charge in [0.1, 0.15) is 30.4 Å². The van der Waals surface area contributed by atoms with Gasteiger partial charge < -0.3 is 50.6 Å². The molecule has 1 fully saturated rings. The van der Waals surface area contributed by atoms with Crippen molar-refractivity contribution in [1.29, 1.82) is 0 Å². The number of nitrogens with two attached hydrogens (primary N) is 1. The Balaban J connectivity index is 1.16. The van der Waals surface area contributed by atoms with Crippen molar-refractivity contribution in [2.24, 2.45) is 17.6 Å². The molecule has 1 aliphatic rings. The number of hydrogen-bond donors (Lipinski definition) is 5. The second-order valence-electron chi connectivity index (χ2n) is 15.0. The number of nitrogens with zero attached hydrogens (tertiary/aromatic N) is 3. The van der Waals surface area contributed by atoms with Gasteiger partial charge in [0.05, 0.1) is 23.2 Å². The van der Waals surface area contributed by atoms with E-state index < -0.39 is 70.6 Å². The first-order chi connectivity index (χ1) is 29.6. The largest absolute Gasteiger partial charge is 0.477 e. The Morgan fingerprint density at radius 2 is 1.60 bits per heavy atom. The summed E-state index contributed by atoms with van der Waals surface area (Å²) in [4.78, 5) is 77.9. The maximum Gasteiger partial charge on any atom is 0.410 e. The number of alkyl carbamates (subject to hydrolysis) is 1. The number of anilines is 2. The number of rotatable bonds is 17. The number of urea groups is 1. The van der Waals surface area contributed by atoms with Crippen molar-refractivity contribution in [1.82, 2.24) is 20.1 Å². The molecule has 18 heteroatoms. The molecule has 5 amide bonds. The first kappa shape index (κ1) is 46.1. The highest BCUT2D eigenvalue weighted by Gasteiger charge is 2.27. The molecule has 0 spiro atoms. The molecule has 1 aliphatic heterocycles. The number of pyridine rings is 1. The average Bonchev–Trinajstić information content (AvgIpc) is 3.25. The zero-order chi connectivity index (χ0) is 44.9. The van der Waals surface area contributed by atoms with Crippen LogP contribution in [0.2, 0.25) is 0 Å². The Hall–Kier alpha value is -6.98. The highest BCUT2D eigenvalue weighted by Crippen LogP contribution is 2.27. The van der Waals surface area contributed by atoms with Crippen LogP contribution >= 0.6 is 0 Å². The summed E-state index contributed by atoms with van der Waals surface area (Å²) in [5, 5.41) is 17.2. The summed E-state index contributed by atoms with van der Waals surface area (Å²) in [6, 6.07) is 16.3. The second kappa shape index (κ2) is 21.5. The zero-order valence-corrected chi connectivity index (χ0v) is 34.7. The number of primary amides is 1. The molecule has 16 nitrogen and oxygen atoms in total. The standard InChI is InChI=1S/C44H51F2N7O9/c1-4-51-24-33(41(56)57)39(54)32-22-34(45)37(23-36(32)51)52-17-19-53(20-18-52)44(60)62-26-29-12-14-31(15-13-29)49-40(55)30(11-8-16-48-42(47)58)21-35(46)38(27(2)3)50-43(59)61-25-28-9-6-5-7-10-28/h5-7,9-10,12-15,21-24,27,30,38H,4,8,11,16-20,25-26H2,1-3H3,(H,49,55)(H,50,59)(H,56,57)(H3,47,48,58)/b35-21-/t30-,38?/m1/s1. The Kier molecular flexibility index (Phi) is 16.0. The fourth-order valence-electron chi connectivity index (χ4n) is 6.91. The third-order valence-corrected chi connectivity index (χ3v) is 10.3.